The first kappa shape index (κ1) is 21.9. The monoisotopic (exact) mass is 413 g/mol. The average Bonchev–Trinajstić information content (AvgIpc) is 2.83. The first-order valence-electron chi connectivity index (χ1n) is 10.6. The van der Waals surface area contributed by atoms with Crippen LogP contribution in [0.25, 0.3) is 0 Å². The Balaban J connectivity index is 0.00000124. The summed E-state index contributed by atoms with van der Waals surface area (Å²) >= 11 is 0. The molecule has 0 amide bonds. The molecule has 0 unspecified atom stereocenters. The number of hydrazone groups is 1. The van der Waals surface area contributed by atoms with E-state index < -0.39 is 0 Å². The number of anilines is 3. The SMILES string of the molecule is CC.Cc1ccc(/C=N/Nc2nc(N3CCOCC3)nc(N3CCOCC3)n2)cc1. The van der Waals surface area contributed by atoms with Crippen molar-refractivity contribution in [2.75, 3.05) is 67.8 Å². The normalized spacial score (nSPS) is 16.9. The second-order valence-electron chi connectivity index (χ2n) is 6.74. The molecule has 1 N–H and O–H groups in total. The lowest BCUT2D eigenvalue weighted by atomic mass is 10.2. The number of aromatic nitrogens is 3. The summed E-state index contributed by atoms with van der Waals surface area (Å²) in [6.07, 6.45) is 1.76. The van der Waals surface area contributed by atoms with Crippen LogP contribution in [0.2, 0.25) is 0 Å². The minimum Gasteiger partial charge on any atom is -0.378 e. The summed E-state index contributed by atoms with van der Waals surface area (Å²) in [7, 11) is 0. The fraction of sp³-hybridized carbons (Fsp3) is 0.524. The first-order valence-corrected chi connectivity index (χ1v) is 10.6. The van der Waals surface area contributed by atoms with Crippen LogP contribution in [0.15, 0.2) is 29.4 Å². The van der Waals surface area contributed by atoms with Gasteiger partial charge >= 0.3 is 0 Å². The Morgan fingerprint density at radius 2 is 1.33 bits per heavy atom. The van der Waals surface area contributed by atoms with E-state index in [9.17, 15) is 0 Å². The maximum Gasteiger partial charge on any atom is 0.250 e. The van der Waals surface area contributed by atoms with Crippen molar-refractivity contribution in [2.45, 2.75) is 20.8 Å². The highest BCUT2D eigenvalue weighted by atomic mass is 16.5. The van der Waals surface area contributed by atoms with Crippen LogP contribution in [0.4, 0.5) is 17.8 Å². The number of nitrogens with one attached hydrogen (secondary N) is 1. The van der Waals surface area contributed by atoms with E-state index in [1.807, 2.05) is 26.0 Å². The van der Waals surface area contributed by atoms with E-state index in [-0.39, 0.29) is 0 Å². The molecular weight excluding hydrogens is 382 g/mol. The third-order valence-corrected chi connectivity index (χ3v) is 4.66. The lowest BCUT2D eigenvalue weighted by Gasteiger charge is -2.30. The second-order valence-corrected chi connectivity index (χ2v) is 6.74. The van der Waals surface area contributed by atoms with E-state index in [1.165, 1.54) is 5.56 Å². The minimum atomic E-state index is 0.432. The molecule has 3 heterocycles. The summed E-state index contributed by atoms with van der Waals surface area (Å²) in [6.45, 7) is 11.8. The van der Waals surface area contributed by atoms with E-state index in [1.54, 1.807) is 6.21 Å². The Labute approximate surface area is 178 Å². The molecular formula is C21H31N7O2. The van der Waals surface area contributed by atoms with Crippen LogP contribution in [0, 0.1) is 6.92 Å². The zero-order valence-corrected chi connectivity index (χ0v) is 18.0. The van der Waals surface area contributed by atoms with Gasteiger partial charge in [0, 0.05) is 26.2 Å². The van der Waals surface area contributed by atoms with Gasteiger partial charge in [-0.05, 0) is 12.5 Å². The van der Waals surface area contributed by atoms with E-state index in [4.69, 9.17) is 9.47 Å². The molecule has 2 aliphatic heterocycles. The molecule has 1 aromatic carbocycles. The van der Waals surface area contributed by atoms with Crippen LogP contribution in [0.3, 0.4) is 0 Å². The highest BCUT2D eigenvalue weighted by molar-refractivity contribution is 5.80. The van der Waals surface area contributed by atoms with Crippen LogP contribution >= 0.6 is 0 Å². The van der Waals surface area contributed by atoms with Crippen LogP contribution in [0.1, 0.15) is 25.0 Å². The third kappa shape index (κ3) is 6.11. The zero-order chi connectivity index (χ0) is 21.2. The Hall–Kier alpha value is -2.78. The third-order valence-electron chi connectivity index (χ3n) is 4.66. The Kier molecular flexibility index (Phi) is 8.34. The van der Waals surface area contributed by atoms with Gasteiger partial charge in [-0.3, -0.25) is 0 Å². The minimum absolute atomic E-state index is 0.432. The predicted octanol–water partition coefficient (Wildman–Crippen LogP) is 2.33. The van der Waals surface area contributed by atoms with Crippen LogP contribution in [-0.4, -0.2) is 73.8 Å². The molecule has 1 aromatic heterocycles. The van der Waals surface area contributed by atoms with Gasteiger partial charge in [0.25, 0.3) is 0 Å². The highest BCUT2D eigenvalue weighted by Gasteiger charge is 2.20. The van der Waals surface area contributed by atoms with Gasteiger partial charge in [0.2, 0.25) is 17.8 Å². The summed E-state index contributed by atoms with van der Waals surface area (Å²) in [5, 5.41) is 4.30. The smallest absolute Gasteiger partial charge is 0.250 e. The Morgan fingerprint density at radius 1 is 0.833 bits per heavy atom. The summed E-state index contributed by atoms with van der Waals surface area (Å²) < 4.78 is 10.9. The number of rotatable bonds is 5. The molecule has 4 rings (SSSR count). The summed E-state index contributed by atoms with van der Waals surface area (Å²) in [5.74, 6) is 1.72. The van der Waals surface area contributed by atoms with Crippen LogP contribution in [-0.2, 0) is 9.47 Å². The van der Waals surface area contributed by atoms with E-state index in [0.717, 1.165) is 31.7 Å². The fourth-order valence-corrected chi connectivity index (χ4v) is 3.03. The molecule has 0 aliphatic carbocycles. The summed E-state index contributed by atoms with van der Waals surface area (Å²) in [5.41, 5.74) is 5.18. The molecule has 9 heteroatoms. The van der Waals surface area contributed by atoms with Gasteiger partial charge in [0.05, 0.1) is 32.6 Å². The second kappa shape index (κ2) is 11.4. The number of aryl methyl sites for hydroxylation is 1. The molecule has 162 valence electrons. The van der Waals surface area contributed by atoms with Gasteiger partial charge in [-0.1, -0.05) is 43.7 Å². The number of morpholine rings is 2. The lowest BCUT2D eigenvalue weighted by molar-refractivity contribution is 0.121. The largest absolute Gasteiger partial charge is 0.378 e. The molecule has 30 heavy (non-hydrogen) atoms. The van der Waals surface area contributed by atoms with Crippen molar-refractivity contribution >= 4 is 24.1 Å². The lowest BCUT2D eigenvalue weighted by Crippen LogP contribution is -2.40. The number of nitrogens with zero attached hydrogens (tertiary/aromatic N) is 6. The maximum absolute atomic E-state index is 5.44. The van der Waals surface area contributed by atoms with Crippen molar-refractivity contribution in [1.29, 1.82) is 0 Å². The van der Waals surface area contributed by atoms with E-state index in [2.05, 4.69) is 54.3 Å². The number of ether oxygens (including phenoxy) is 2. The van der Waals surface area contributed by atoms with Crippen molar-refractivity contribution in [3.8, 4) is 0 Å². The van der Waals surface area contributed by atoms with Crippen molar-refractivity contribution < 1.29 is 9.47 Å². The van der Waals surface area contributed by atoms with Gasteiger partial charge in [-0.2, -0.15) is 20.1 Å². The number of hydrogen-bond acceptors (Lipinski definition) is 9. The van der Waals surface area contributed by atoms with Gasteiger partial charge < -0.3 is 19.3 Å². The van der Waals surface area contributed by atoms with Gasteiger partial charge in [-0.25, -0.2) is 5.43 Å². The standard InChI is InChI=1S/C19H25N7O2.C2H6/c1-15-2-4-16(5-3-15)14-20-24-17-21-18(25-6-10-27-11-7-25)23-19(22-17)26-8-12-28-13-9-26;1-2/h2-5,14H,6-13H2,1H3,(H,21,22,23,24);1-2H3/b20-14+;. The first-order chi connectivity index (χ1) is 14.8. The van der Waals surface area contributed by atoms with Crippen LogP contribution < -0.4 is 15.2 Å². The predicted molar refractivity (Wildman–Crippen MR) is 120 cm³/mol. The highest BCUT2D eigenvalue weighted by Crippen LogP contribution is 2.18. The van der Waals surface area contributed by atoms with E-state index in [0.29, 0.717) is 44.3 Å². The molecule has 0 atom stereocenters. The molecule has 2 saturated heterocycles. The quantitative estimate of drug-likeness (QED) is 0.590. The van der Waals surface area contributed by atoms with Gasteiger partial charge in [0.15, 0.2) is 0 Å². The van der Waals surface area contributed by atoms with Crippen molar-refractivity contribution in [3.63, 3.8) is 0 Å². The molecule has 2 aliphatic rings. The van der Waals surface area contributed by atoms with E-state index >= 15 is 0 Å². The molecule has 0 bridgehead atoms. The molecule has 9 nitrogen and oxygen atoms in total. The van der Waals surface area contributed by atoms with Crippen LogP contribution in [0.5, 0.6) is 0 Å². The van der Waals surface area contributed by atoms with Crippen molar-refractivity contribution in [3.05, 3.63) is 35.4 Å². The van der Waals surface area contributed by atoms with Crippen molar-refractivity contribution in [2.24, 2.45) is 5.10 Å². The Bertz CT molecular complexity index is 765. The molecule has 2 aromatic rings. The molecule has 0 spiro atoms. The summed E-state index contributed by atoms with van der Waals surface area (Å²) in [6, 6.07) is 8.15. The topological polar surface area (TPSA) is 88.0 Å². The van der Waals surface area contributed by atoms with Gasteiger partial charge in [-0.15, -0.1) is 0 Å². The Morgan fingerprint density at radius 3 is 1.83 bits per heavy atom. The molecule has 2 fully saturated rings. The zero-order valence-electron chi connectivity index (χ0n) is 18.0. The average molecular weight is 414 g/mol. The van der Waals surface area contributed by atoms with Gasteiger partial charge in [0.1, 0.15) is 0 Å². The van der Waals surface area contributed by atoms with Crippen molar-refractivity contribution in [1.82, 2.24) is 15.0 Å². The summed E-state index contributed by atoms with van der Waals surface area (Å²) in [4.78, 5) is 18.0. The fourth-order valence-electron chi connectivity index (χ4n) is 3.03. The maximum atomic E-state index is 5.44. The number of benzene rings is 1. The molecule has 0 saturated carbocycles. The number of hydrogen-bond donors (Lipinski definition) is 1. The molecule has 0 radical (unpaired) electrons.